The molecule has 0 saturated carbocycles. The smallest absolute Gasteiger partial charge is 0.321 e. The number of rotatable bonds is 2. The lowest BCUT2D eigenvalue weighted by Gasteiger charge is -2.36. The van der Waals surface area contributed by atoms with Crippen LogP contribution in [0.15, 0.2) is 18.2 Å². The molecule has 27 heavy (non-hydrogen) atoms. The van der Waals surface area contributed by atoms with E-state index in [-0.39, 0.29) is 26.2 Å². The van der Waals surface area contributed by atoms with Crippen LogP contribution in [-0.2, 0) is 0 Å². The molecule has 0 bridgehead atoms. The van der Waals surface area contributed by atoms with Gasteiger partial charge in [0.15, 0.2) is 0 Å². The SMILES string of the molecule is Cc1ccc(NC(=O)N2CCN(c3c(F)c(F)nc(F)c3F)CC2)cc1Cl. The van der Waals surface area contributed by atoms with Gasteiger partial charge in [-0.05, 0) is 24.6 Å². The summed E-state index contributed by atoms with van der Waals surface area (Å²) in [5.41, 5.74) is 0.558. The highest BCUT2D eigenvalue weighted by molar-refractivity contribution is 6.31. The molecule has 0 radical (unpaired) electrons. The van der Waals surface area contributed by atoms with E-state index in [1.165, 1.54) is 4.90 Å². The first-order chi connectivity index (χ1) is 12.8. The van der Waals surface area contributed by atoms with Crippen molar-refractivity contribution in [2.45, 2.75) is 6.92 Å². The van der Waals surface area contributed by atoms with Crippen molar-refractivity contribution in [2.24, 2.45) is 0 Å². The van der Waals surface area contributed by atoms with Gasteiger partial charge in [-0.25, -0.2) is 4.79 Å². The number of carbonyl (C=O) groups is 1. The van der Waals surface area contributed by atoms with Gasteiger partial charge >= 0.3 is 6.03 Å². The predicted molar refractivity (Wildman–Crippen MR) is 93.1 cm³/mol. The number of hydrogen-bond acceptors (Lipinski definition) is 3. The third-order valence-electron chi connectivity index (χ3n) is 4.28. The highest BCUT2D eigenvalue weighted by atomic mass is 35.5. The highest BCUT2D eigenvalue weighted by Crippen LogP contribution is 2.27. The Hall–Kier alpha value is -2.55. The van der Waals surface area contributed by atoms with E-state index in [4.69, 9.17) is 11.6 Å². The van der Waals surface area contributed by atoms with E-state index in [9.17, 15) is 22.4 Å². The van der Waals surface area contributed by atoms with Gasteiger partial charge in [-0.3, -0.25) is 0 Å². The Labute approximate surface area is 157 Å². The molecule has 10 heteroatoms. The summed E-state index contributed by atoms with van der Waals surface area (Å²) >= 11 is 6.02. The number of piperazine rings is 1. The van der Waals surface area contributed by atoms with Gasteiger partial charge < -0.3 is 15.1 Å². The number of aryl methyl sites for hydroxylation is 1. The van der Waals surface area contributed by atoms with Crippen LogP contribution in [0, 0.1) is 30.5 Å². The largest absolute Gasteiger partial charge is 0.363 e. The van der Waals surface area contributed by atoms with Gasteiger partial charge in [-0.2, -0.15) is 22.5 Å². The van der Waals surface area contributed by atoms with Crippen molar-refractivity contribution in [3.05, 3.63) is 52.3 Å². The minimum absolute atomic E-state index is 0.00118. The number of carbonyl (C=O) groups excluding carboxylic acids is 1. The Balaban J connectivity index is 1.67. The van der Waals surface area contributed by atoms with Crippen LogP contribution in [0.25, 0.3) is 0 Å². The number of hydrogen-bond donors (Lipinski definition) is 1. The van der Waals surface area contributed by atoms with Gasteiger partial charge in [-0.1, -0.05) is 17.7 Å². The van der Waals surface area contributed by atoms with Gasteiger partial charge in [0.1, 0.15) is 5.69 Å². The zero-order valence-corrected chi connectivity index (χ0v) is 15.0. The van der Waals surface area contributed by atoms with Gasteiger partial charge in [0, 0.05) is 36.9 Å². The summed E-state index contributed by atoms with van der Waals surface area (Å²) in [5, 5.41) is 3.19. The minimum atomic E-state index is -1.71. The first kappa shape index (κ1) is 19.2. The molecule has 1 saturated heterocycles. The second-order valence-electron chi connectivity index (χ2n) is 6.04. The molecule has 1 aliphatic heterocycles. The topological polar surface area (TPSA) is 48.5 Å². The summed E-state index contributed by atoms with van der Waals surface area (Å²) in [6, 6.07) is 4.65. The standard InChI is InChI=1S/C17H15ClF4N4O/c1-9-2-3-10(8-11(9)18)23-17(27)26-6-4-25(5-7-26)14-12(19)15(21)24-16(22)13(14)20/h2-3,8H,4-7H2,1H3,(H,23,27). The molecule has 1 aliphatic rings. The molecule has 1 aromatic heterocycles. The summed E-state index contributed by atoms with van der Waals surface area (Å²) in [6.07, 6.45) is 0. The van der Waals surface area contributed by atoms with Crippen LogP contribution < -0.4 is 10.2 Å². The van der Waals surface area contributed by atoms with Gasteiger partial charge in [-0.15, -0.1) is 0 Å². The maximum absolute atomic E-state index is 13.8. The molecule has 0 spiro atoms. The maximum Gasteiger partial charge on any atom is 0.321 e. The molecule has 144 valence electrons. The van der Waals surface area contributed by atoms with E-state index in [1.807, 2.05) is 6.92 Å². The van der Waals surface area contributed by atoms with Crippen molar-refractivity contribution in [1.29, 1.82) is 0 Å². The molecule has 1 N–H and O–H groups in total. The third kappa shape index (κ3) is 3.92. The number of halogens is 5. The molecule has 1 fully saturated rings. The zero-order valence-electron chi connectivity index (χ0n) is 14.2. The van der Waals surface area contributed by atoms with Crippen LogP contribution in [0.1, 0.15) is 5.56 Å². The fraction of sp³-hybridized carbons (Fsp3) is 0.294. The van der Waals surface area contributed by atoms with Crippen LogP contribution in [-0.4, -0.2) is 42.1 Å². The van der Waals surface area contributed by atoms with Crippen molar-refractivity contribution in [1.82, 2.24) is 9.88 Å². The molecule has 1 aromatic carbocycles. The second-order valence-corrected chi connectivity index (χ2v) is 6.45. The van der Waals surface area contributed by atoms with E-state index in [0.29, 0.717) is 10.7 Å². The van der Waals surface area contributed by atoms with Crippen molar-refractivity contribution in [3.63, 3.8) is 0 Å². The number of benzene rings is 1. The average molecular weight is 403 g/mol. The van der Waals surface area contributed by atoms with Crippen molar-refractivity contribution in [2.75, 3.05) is 36.4 Å². The Morgan fingerprint density at radius 2 is 1.67 bits per heavy atom. The molecule has 3 rings (SSSR count). The van der Waals surface area contributed by atoms with E-state index in [0.717, 1.165) is 10.5 Å². The molecular weight excluding hydrogens is 388 g/mol. The van der Waals surface area contributed by atoms with E-state index < -0.39 is 35.2 Å². The van der Waals surface area contributed by atoms with E-state index in [1.54, 1.807) is 18.2 Å². The Bertz CT molecular complexity index is 861. The Morgan fingerprint density at radius 1 is 1.07 bits per heavy atom. The van der Waals surface area contributed by atoms with Crippen molar-refractivity contribution >= 4 is 29.0 Å². The summed E-state index contributed by atoms with van der Waals surface area (Å²) < 4.78 is 54.3. The number of pyridine rings is 1. The molecule has 0 unspecified atom stereocenters. The number of aromatic nitrogens is 1. The quantitative estimate of drug-likeness (QED) is 0.611. The molecule has 0 aliphatic carbocycles. The number of nitrogens with one attached hydrogen (secondary N) is 1. The lowest BCUT2D eigenvalue weighted by molar-refractivity contribution is 0.207. The summed E-state index contributed by atoms with van der Waals surface area (Å²) in [7, 11) is 0. The third-order valence-corrected chi connectivity index (χ3v) is 4.69. The summed E-state index contributed by atoms with van der Waals surface area (Å²) in [6.45, 7) is 2.04. The van der Waals surface area contributed by atoms with Crippen LogP contribution >= 0.6 is 11.6 Å². The normalized spacial score (nSPS) is 14.4. The fourth-order valence-corrected chi connectivity index (χ4v) is 2.94. The summed E-state index contributed by atoms with van der Waals surface area (Å²) in [4.78, 5) is 17.4. The fourth-order valence-electron chi connectivity index (χ4n) is 2.76. The number of nitrogens with zero attached hydrogens (tertiary/aromatic N) is 3. The highest BCUT2D eigenvalue weighted by Gasteiger charge is 2.29. The lowest BCUT2D eigenvalue weighted by Crippen LogP contribution is -2.50. The molecule has 2 aromatic rings. The van der Waals surface area contributed by atoms with Gasteiger partial charge in [0.05, 0.1) is 0 Å². The maximum atomic E-state index is 13.8. The van der Waals surface area contributed by atoms with E-state index >= 15 is 0 Å². The van der Waals surface area contributed by atoms with Crippen molar-refractivity contribution < 1.29 is 22.4 Å². The Kier molecular flexibility index (Phi) is 5.41. The number of urea groups is 1. The first-order valence-corrected chi connectivity index (χ1v) is 8.42. The summed E-state index contributed by atoms with van der Waals surface area (Å²) in [5.74, 6) is -6.53. The molecule has 2 heterocycles. The monoisotopic (exact) mass is 402 g/mol. The van der Waals surface area contributed by atoms with Gasteiger partial charge in [0.2, 0.25) is 11.6 Å². The minimum Gasteiger partial charge on any atom is -0.363 e. The van der Waals surface area contributed by atoms with Crippen molar-refractivity contribution in [3.8, 4) is 0 Å². The molecular formula is C17H15ClF4N4O. The lowest BCUT2D eigenvalue weighted by atomic mass is 10.2. The van der Waals surface area contributed by atoms with Gasteiger partial charge in [0.25, 0.3) is 11.9 Å². The van der Waals surface area contributed by atoms with Crippen LogP contribution in [0.5, 0.6) is 0 Å². The number of anilines is 2. The number of amides is 2. The Morgan fingerprint density at radius 3 is 2.22 bits per heavy atom. The predicted octanol–water partition coefficient (Wildman–Crippen LogP) is 3.95. The molecule has 0 atom stereocenters. The van der Waals surface area contributed by atoms with E-state index in [2.05, 4.69) is 10.3 Å². The van der Waals surface area contributed by atoms with Crippen LogP contribution in [0.4, 0.5) is 33.7 Å². The first-order valence-electron chi connectivity index (χ1n) is 8.05. The average Bonchev–Trinajstić information content (AvgIpc) is 2.64. The zero-order chi connectivity index (χ0) is 19.7. The van der Waals surface area contributed by atoms with Crippen LogP contribution in [0.2, 0.25) is 5.02 Å². The molecule has 5 nitrogen and oxygen atoms in total. The second kappa shape index (κ2) is 7.59. The molecule has 2 amide bonds. The van der Waals surface area contributed by atoms with Crippen LogP contribution in [0.3, 0.4) is 0 Å².